The van der Waals surface area contributed by atoms with Crippen molar-refractivity contribution in [3.63, 3.8) is 0 Å². The number of benzene rings is 1. The van der Waals surface area contributed by atoms with E-state index >= 15 is 0 Å². The lowest BCUT2D eigenvalue weighted by molar-refractivity contribution is -0.148. The number of aliphatic carboxylic acids is 1. The van der Waals surface area contributed by atoms with Gasteiger partial charge in [0.2, 0.25) is 0 Å². The molecule has 0 aliphatic rings. The minimum absolute atomic E-state index is 0.170. The first kappa shape index (κ1) is 22.5. The summed E-state index contributed by atoms with van der Waals surface area (Å²) in [5, 5.41) is 9.25. The Labute approximate surface area is 147 Å². The van der Waals surface area contributed by atoms with Gasteiger partial charge in [0.05, 0.1) is 5.41 Å². The quantitative estimate of drug-likeness (QED) is 0.403. The lowest BCUT2D eigenvalue weighted by atomic mass is 9.82. The van der Waals surface area contributed by atoms with E-state index in [1.807, 2.05) is 39.8 Å². The third-order valence-corrected chi connectivity index (χ3v) is 4.63. The Hall–Kier alpha value is -1.54. The van der Waals surface area contributed by atoms with Crippen molar-refractivity contribution >= 4 is 20.9 Å². The highest BCUT2D eigenvalue weighted by Crippen LogP contribution is 2.29. The first-order chi connectivity index (χ1) is 11.2. The summed E-state index contributed by atoms with van der Waals surface area (Å²) in [7, 11) is 1.17. The summed E-state index contributed by atoms with van der Waals surface area (Å²) >= 11 is 0. The number of carboxylic acids is 1. The van der Waals surface area contributed by atoms with E-state index in [1.165, 1.54) is 14.7 Å². The Balaban J connectivity index is 0.00000254. The molecular formula is C19H30O4P+. The molecule has 0 saturated carbocycles. The maximum absolute atomic E-state index is 12.4. The Bertz CT molecular complexity index is 560. The Morgan fingerprint density at radius 2 is 1.58 bits per heavy atom. The number of hydrogen-bond donors (Lipinski definition) is 1. The highest BCUT2D eigenvalue weighted by molar-refractivity contribution is 7.00. The smallest absolute Gasteiger partial charge is 0.310 e. The van der Waals surface area contributed by atoms with Crippen LogP contribution in [0, 0.1) is 26.2 Å². The molecule has 0 fully saturated rings. The van der Waals surface area contributed by atoms with Crippen LogP contribution in [0.3, 0.4) is 0 Å². The van der Waals surface area contributed by atoms with Crippen molar-refractivity contribution < 1.29 is 19.3 Å². The van der Waals surface area contributed by atoms with Crippen molar-refractivity contribution in [3.05, 3.63) is 34.4 Å². The van der Waals surface area contributed by atoms with E-state index in [2.05, 4.69) is 0 Å². The average Bonchev–Trinajstić information content (AvgIpc) is 2.52. The Morgan fingerprint density at radius 3 is 2.00 bits per heavy atom. The third kappa shape index (κ3) is 6.16. The van der Waals surface area contributed by atoms with Crippen LogP contribution in [0.1, 0.15) is 73.0 Å². The van der Waals surface area contributed by atoms with Gasteiger partial charge in [-0.25, -0.2) is 0 Å². The molecule has 0 amide bonds. The molecule has 1 aromatic carbocycles. The molecule has 0 radical (unpaired) electrons. The third-order valence-electron chi connectivity index (χ3n) is 4.63. The largest absolute Gasteiger partial charge is 0.481 e. The number of unbranched alkanes of at least 4 members (excludes halogenated alkanes) is 1. The molecule has 1 N–H and O–H groups in total. The normalized spacial score (nSPS) is 12.7. The zero-order valence-corrected chi connectivity index (χ0v) is 16.6. The number of carbonyl (C=O) groups is 2. The molecule has 134 valence electrons. The van der Waals surface area contributed by atoms with E-state index < -0.39 is 11.4 Å². The second-order valence-corrected chi connectivity index (χ2v) is 6.62. The predicted molar refractivity (Wildman–Crippen MR) is 99.9 cm³/mol. The van der Waals surface area contributed by atoms with Crippen LogP contribution in [0.25, 0.3) is 0 Å². The summed E-state index contributed by atoms with van der Waals surface area (Å²) < 4.78 is 8.17. The van der Waals surface area contributed by atoms with Crippen molar-refractivity contribution in [2.75, 3.05) is 0 Å². The zero-order valence-electron chi connectivity index (χ0n) is 15.4. The molecule has 2 unspecified atom stereocenters. The van der Waals surface area contributed by atoms with Gasteiger partial charge in [0.25, 0.3) is 0 Å². The van der Waals surface area contributed by atoms with Gasteiger partial charge in [-0.2, -0.15) is 0 Å². The van der Waals surface area contributed by atoms with Crippen LogP contribution in [0.15, 0.2) is 12.1 Å². The van der Waals surface area contributed by atoms with E-state index in [0.29, 0.717) is 19.3 Å². The molecule has 0 aliphatic heterocycles. The Morgan fingerprint density at radius 1 is 1.08 bits per heavy atom. The van der Waals surface area contributed by atoms with Crippen molar-refractivity contribution in [2.45, 2.75) is 66.7 Å². The molecule has 2 atom stereocenters. The van der Waals surface area contributed by atoms with E-state index in [4.69, 9.17) is 4.57 Å². The van der Waals surface area contributed by atoms with Crippen molar-refractivity contribution in [1.29, 1.82) is 0 Å². The maximum atomic E-state index is 12.4. The van der Waals surface area contributed by atoms with Crippen molar-refractivity contribution in [2.24, 2.45) is 5.41 Å². The standard InChI is InChI=1S/C19H28O3.H2OP/c1-6-19(5,18(21)22)10-8-7-9-16(20)17-14(3)11-13(2)12-15(17)4;1-2/h11-12H,6-10H2,1-5H3,(H,21,22);2H2/q;+1. The van der Waals surface area contributed by atoms with Gasteiger partial charge in [0, 0.05) is 12.0 Å². The van der Waals surface area contributed by atoms with E-state index in [1.54, 1.807) is 6.92 Å². The number of aryl methyl sites for hydroxylation is 3. The van der Waals surface area contributed by atoms with Gasteiger partial charge in [0.1, 0.15) is 0 Å². The monoisotopic (exact) mass is 353 g/mol. The highest BCUT2D eigenvalue weighted by atomic mass is 31.0. The number of rotatable bonds is 8. The summed E-state index contributed by atoms with van der Waals surface area (Å²) in [4.78, 5) is 23.7. The van der Waals surface area contributed by atoms with E-state index in [-0.39, 0.29) is 5.78 Å². The van der Waals surface area contributed by atoms with Crippen LogP contribution in [-0.2, 0) is 9.36 Å². The van der Waals surface area contributed by atoms with Crippen molar-refractivity contribution in [1.82, 2.24) is 0 Å². The minimum Gasteiger partial charge on any atom is -0.481 e. The molecule has 0 aliphatic carbocycles. The number of ketones is 1. The fourth-order valence-electron chi connectivity index (χ4n) is 2.98. The molecule has 0 bridgehead atoms. The number of carbonyl (C=O) groups excluding carboxylic acids is 1. The first-order valence-corrected chi connectivity index (χ1v) is 8.76. The number of carboxylic acid groups (broad SMARTS) is 1. The summed E-state index contributed by atoms with van der Waals surface area (Å²) in [5.41, 5.74) is 3.41. The van der Waals surface area contributed by atoms with Crippen LogP contribution in [-0.4, -0.2) is 16.9 Å². The van der Waals surface area contributed by atoms with Gasteiger partial charge in [0.15, 0.2) is 5.78 Å². The van der Waals surface area contributed by atoms with Gasteiger partial charge in [-0.15, -0.1) is 0 Å². The topological polar surface area (TPSA) is 71.4 Å². The van der Waals surface area contributed by atoms with Crippen LogP contribution in [0.2, 0.25) is 0 Å². The van der Waals surface area contributed by atoms with Crippen LogP contribution in [0.4, 0.5) is 0 Å². The summed E-state index contributed by atoms with van der Waals surface area (Å²) in [6.45, 7) is 9.67. The SMILES string of the molecule is CCC(C)(CCCCC(=O)c1c(C)cc(C)cc1C)C(=O)O.O=[PH2+]. The molecule has 24 heavy (non-hydrogen) atoms. The van der Waals surface area contributed by atoms with Crippen LogP contribution in [0.5, 0.6) is 0 Å². The fourth-order valence-corrected chi connectivity index (χ4v) is 2.98. The first-order valence-electron chi connectivity index (χ1n) is 8.29. The summed E-state index contributed by atoms with van der Waals surface area (Å²) in [6, 6.07) is 4.08. The molecule has 1 rings (SSSR count). The van der Waals surface area contributed by atoms with Crippen LogP contribution < -0.4 is 0 Å². The van der Waals surface area contributed by atoms with Gasteiger partial charge < -0.3 is 5.11 Å². The molecule has 0 aromatic heterocycles. The number of hydrogen-bond acceptors (Lipinski definition) is 3. The minimum atomic E-state index is -0.744. The second kappa shape index (κ2) is 10.4. The summed E-state index contributed by atoms with van der Waals surface area (Å²) in [5.74, 6) is -0.574. The van der Waals surface area contributed by atoms with Gasteiger partial charge in [-0.3, -0.25) is 9.59 Å². The molecular weight excluding hydrogens is 323 g/mol. The van der Waals surface area contributed by atoms with Gasteiger partial charge in [-0.1, -0.05) is 35.6 Å². The molecule has 5 heteroatoms. The molecule has 4 nitrogen and oxygen atoms in total. The predicted octanol–water partition coefficient (Wildman–Crippen LogP) is 5.06. The van der Waals surface area contributed by atoms with Gasteiger partial charge in [-0.05, 0) is 58.1 Å². The fraction of sp³-hybridized carbons (Fsp3) is 0.579. The lowest BCUT2D eigenvalue weighted by Crippen LogP contribution is -2.26. The van der Waals surface area contributed by atoms with Crippen molar-refractivity contribution in [3.8, 4) is 0 Å². The molecule has 0 spiro atoms. The zero-order chi connectivity index (χ0) is 18.9. The number of Topliss-reactive ketones (excluding diaryl/α,β-unsaturated/α-hetero) is 1. The van der Waals surface area contributed by atoms with E-state index in [9.17, 15) is 14.7 Å². The van der Waals surface area contributed by atoms with Gasteiger partial charge >= 0.3 is 15.1 Å². The maximum Gasteiger partial charge on any atom is 0.310 e. The summed E-state index contributed by atoms with van der Waals surface area (Å²) in [6.07, 6.45) is 3.25. The highest BCUT2D eigenvalue weighted by Gasteiger charge is 2.30. The van der Waals surface area contributed by atoms with E-state index in [0.717, 1.165) is 29.5 Å². The van der Waals surface area contributed by atoms with Crippen LogP contribution >= 0.6 is 9.12 Å². The average molecular weight is 353 g/mol. The Kier molecular flexibility index (Phi) is 9.69. The second-order valence-electron chi connectivity index (χ2n) is 6.62. The lowest BCUT2D eigenvalue weighted by Gasteiger charge is -2.22. The molecule has 1 aromatic rings. The molecule has 0 saturated heterocycles. The molecule has 0 heterocycles.